The molecule has 0 saturated carbocycles. The standard InChI is InChI=1S/C6H10N2O2/c1-4(7)6(3-9)8-5(2)10/h3H,7H2,1-2H3,(H,8,10)/b6-4-. The summed E-state index contributed by atoms with van der Waals surface area (Å²) in [5.74, 6) is -0.299. The molecular weight excluding hydrogens is 132 g/mol. The Hall–Kier alpha value is -1.32. The molecule has 3 N–H and O–H groups in total. The third-order valence-corrected chi connectivity index (χ3v) is 0.853. The molecule has 0 aliphatic rings. The highest BCUT2D eigenvalue weighted by atomic mass is 16.2. The molecule has 0 heterocycles. The molecule has 0 fully saturated rings. The zero-order valence-electron chi connectivity index (χ0n) is 5.97. The number of hydrogen-bond acceptors (Lipinski definition) is 3. The lowest BCUT2D eigenvalue weighted by atomic mass is 10.4. The van der Waals surface area contributed by atoms with Crippen molar-refractivity contribution in [2.45, 2.75) is 13.8 Å². The Bertz CT molecular complexity index is 180. The topological polar surface area (TPSA) is 72.2 Å². The van der Waals surface area contributed by atoms with Crippen LogP contribution in [0.15, 0.2) is 11.4 Å². The Morgan fingerprint density at radius 3 is 2.10 bits per heavy atom. The molecule has 56 valence electrons. The van der Waals surface area contributed by atoms with Crippen molar-refractivity contribution >= 4 is 12.2 Å². The predicted molar refractivity (Wildman–Crippen MR) is 36.8 cm³/mol. The molecule has 0 bridgehead atoms. The van der Waals surface area contributed by atoms with E-state index in [1.165, 1.54) is 6.92 Å². The van der Waals surface area contributed by atoms with Crippen LogP contribution in [0.2, 0.25) is 0 Å². The van der Waals surface area contributed by atoms with Gasteiger partial charge in [-0.05, 0) is 6.92 Å². The molecular formula is C6H10N2O2. The maximum Gasteiger partial charge on any atom is 0.221 e. The lowest BCUT2D eigenvalue weighted by Gasteiger charge is -2.00. The molecule has 0 aliphatic carbocycles. The third-order valence-electron chi connectivity index (χ3n) is 0.853. The highest BCUT2D eigenvalue weighted by molar-refractivity contribution is 5.84. The van der Waals surface area contributed by atoms with Gasteiger partial charge in [0, 0.05) is 12.6 Å². The highest BCUT2D eigenvalue weighted by Crippen LogP contribution is 1.87. The number of rotatable bonds is 2. The molecule has 0 aromatic rings. The third kappa shape index (κ3) is 2.86. The molecule has 0 radical (unpaired) electrons. The number of carbonyl (C=O) groups excluding carboxylic acids is 2. The Morgan fingerprint density at radius 2 is 2.00 bits per heavy atom. The summed E-state index contributed by atoms with van der Waals surface area (Å²) in [7, 11) is 0. The van der Waals surface area contributed by atoms with Gasteiger partial charge in [0.05, 0.1) is 5.70 Å². The fourth-order valence-corrected chi connectivity index (χ4v) is 0.411. The SMILES string of the molecule is CC(=O)N/C(C=O)=C(/C)N. The van der Waals surface area contributed by atoms with Gasteiger partial charge >= 0.3 is 0 Å². The molecule has 0 aromatic heterocycles. The minimum atomic E-state index is -0.299. The van der Waals surface area contributed by atoms with E-state index < -0.39 is 0 Å². The van der Waals surface area contributed by atoms with Crippen LogP contribution in [0.1, 0.15) is 13.8 Å². The number of hydrogen-bond donors (Lipinski definition) is 2. The van der Waals surface area contributed by atoms with E-state index in [9.17, 15) is 9.59 Å². The van der Waals surface area contributed by atoms with Crippen LogP contribution < -0.4 is 11.1 Å². The normalized spacial score (nSPS) is 11.8. The maximum atomic E-state index is 10.4. The summed E-state index contributed by atoms with van der Waals surface area (Å²) in [6.45, 7) is 2.85. The van der Waals surface area contributed by atoms with Crippen LogP contribution in [0, 0.1) is 0 Å². The molecule has 10 heavy (non-hydrogen) atoms. The summed E-state index contributed by atoms with van der Waals surface area (Å²) >= 11 is 0. The van der Waals surface area contributed by atoms with Gasteiger partial charge < -0.3 is 11.1 Å². The van der Waals surface area contributed by atoms with Crippen LogP contribution in [0.3, 0.4) is 0 Å². The lowest BCUT2D eigenvalue weighted by Crippen LogP contribution is -2.23. The fraction of sp³-hybridized carbons (Fsp3) is 0.333. The summed E-state index contributed by atoms with van der Waals surface area (Å²) in [5.41, 5.74) is 5.67. The molecule has 4 heteroatoms. The average molecular weight is 142 g/mol. The first-order chi connectivity index (χ1) is 4.57. The average Bonchev–Trinajstić information content (AvgIpc) is 1.81. The van der Waals surface area contributed by atoms with E-state index in [1.54, 1.807) is 6.92 Å². The van der Waals surface area contributed by atoms with Crippen molar-refractivity contribution in [2.24, 2.45) is 5.73 Å². The number of nitrogens with one attached hydrogen (secondary N) is 1. The van der Waals surface area contributed by atoms with Crippen LogP contribution in [0.25, 0.3) is 0 Å². The van der Waals surface area contributed by atoms with Crippen LogP contribution >= 0.6 is 0 Å². The van der Waals surface area contributed by atoms with E-state index >= 15 is 0 Å². The summed E-state index contributed by atoms with van der Waals surface area (Å²) in [4.78, 5) is 20.5. The molecule has 0 rings (SSSR count). The smallest absolute Gasteiger partial charge is 0.221 e. The van der Waals surface area contributed by atoms with Gasteiger partial charge in [-0.25, -0.2) is 0 Å². The maximum absolute atomic E-state index is 10.4. The summed E-state index contributed by atoms with van der Waals surface area (Å²) in [6.07, 6.45) is 0.511. The lowest BCUT2D eigenvalue weighted by molar-refractivity contribution is -0.119. The van der Waals surface area contributed by atoms with E-state index in [-0.39, 0.29) is 11.6 Å². The second kappa shape index (κ2) is 3.66. The molecule has 4 nitrogen and oxygen atoms in total. The molecule has 0 saturated heterocycles. The van der Waals surface area contributed by atoms with Gasteiger partial charge in [0.2, 0.25) is 5.91 Å². The second-order valence-corrected chi connectivity index (χ2v) is 1.90. The first kappa shape index (κ1) is 8.68. The van der Waals surface area contributed by atoms with Crippen molar-refractivity contribution in [3.05, 3.63) is 11.4 Å². The summed E-state index contributed by atoms with van der Waals surface area (Å²) < 4.78 is 0. The predicted octanol–water partition coefficient (Wildman–Crippen LogP) is -0.488. The van der Waals surface area contributed by atoms with Crippen LogP contribution in [0.5, 0.6) is 0 Å². The van der Waals surface area contributed by atoms with E-state index in [2.05, 4.69) is 5.32 Å². The largest absolute Gasteiger partial charge is 0.400 e. The first-order valence-electron chi connectivity index (χ1n) is 2.77. The molecule has 0 aliphatic heterocycles. The number of amides is 1. The van der Waals surface area contributed by atoms with E-state index in [0.717, 1.165) is 0 Å². The van der Waals surface area contributed by atoms with Crippen LogP contribution in [-0.2, 0) is 9.59 Å². The quantitative estimate of drug-likeness (QED) is 0.403. The minimum absolute atomic E-state index is 0.132. The summed E-state index contributed by atoms with van der Waals surface area (Å²) in [6, 6.07) is 0. The van der Waals surface area contributed by atoms with Gasteiger partial charge in [0.15, 0.2) is 6.29 Å². The fourth-order valence-electron chi connectivity index (χ4n) is 0.411. The summed E-state index contributed by atoms with van der Waals surface area (Å²) in [5, 5.41) is 2.28. The Morgan fingerprint density at radius 1 is 1.50 bits per heavy atom. The monoisotopic (exact) mass is 142 g/mol. The number of aldehydes is 1. The second-order valence-electron chi connectivity index (χ2n) is 1.90. The molecule has 0 atom stereocenters. The van der Waals surface area contributed by atoms with E-state index in [0.29, 0.717) is 12.0 Å². The zero-order valence-corrected chi connectivity index (χ0v) is 5.97. The van der Waals surface area contributed by atoms with Crippen molar-refractivity contribution in [2.75, 3.05) is 0 Å². The first-order valence-corrected chi connectivity index (χ1v) is 2.77. The molecule has 0 unspecified atom stereocenters. The number of allylic oxidation sites excluding steroid dienone is 2. The van der Waals surface area contributed by atoms with Crippen molar-refractivity contribution in [1.82, 2.24) is 5.32 Å². The van der Waals surface area contributed by atoms with Crippen molar-refractivity contribution in [3.8, 4) is 0 Å². The van der Waals surface area contributed by atoms with Crippen LogP contribution in [-0.4, -0.2) is 12.2 Å². The van der Waals surface area contributed by atoms with Gasteiger partial charge in [0.25, 0.3) is 0 Å². The van der Waals surface area contributed by atoms with Gasteiger partial charge in [-0.2, -0.15) is 0 Å². The van der Waals surface area contributed by atoms with Crippen molar-refractivity contribution in [3.63, 3.8) is 0 Å². The minimum Gasteiger partial charge on any atom is -0.400 e. The van der Waals surface area contributed by atoms with Gasteiger partial charge in [-0.1, -0.05) is 0 Å². The van der Waals surface area contributed by atoms with E-state index in [4.69, 9.17) is 5.73 Å². The van der Waals surface area contributed by atoms with E-state index in [1.807, 2.05) is 0 Å². The van der Waals surface area contributed by atoms with Gasteiger partial charge in [-0.15, -0.1) is 0 Å². The van der Waals surface area contributed by atoms with Crippen molar-refractivity contribution < 1.29 is 9.59 Å². The van der Waals surface area contributed by atoms with Crippen LogP contribution in [0.4, 0.5) is 0 Å². The number of carbonyl (C=O) groups is 2. The Labute approximate surface area is 59.1 Å². The molecule has 0 spiro atoms. The number of nitrogens with two attached hydrogens (primary N) is 1. The highest BCUT2D eigenvalue weighted by Gasteiger charge is 1.98. The Balaban J connectivity index is 4.25. The van der Waals surface area contributed by atoms with Gasteiger partial charge in [0.1, 0.15) is 0 Å². The molecule has 1 amide bonds. The molecule has 0 aromatic carbocycles. The Kier molecular flexibility index (Phi) is 3.17. The van der Waals surface area contributed by atoms with Gasteiger partial charge in [-0.3, -0.25) is 9.59 Å². The zero-order chi connectivity index (χ0) is 8.15. The van der Waals surface area contributed by atoms with Crippen molar-refractivity contribution in [1.29, 1.82) is 0 Å².